The Morgan fingerprint density at radius 3 is 2.54 bits per heavy atom. The average Bonchev–Trinajstić information content (AvgIpc) is 2.64. The molecule has 5 atom stereocenters. The summed E-state index contributed by atoms with van der Waals surface area (Å²) in [5, 5.41) is 0. The smallest absolute Gasteiger partial charge is 0.313 e. The zero-order valence-electron chi connectivity index (χ0n) is 17.6. The lowest BCUT2D eigenvalue weighted by Gasteiger charge is -2.51. The third-order valence-electron chi connectivity index (χ3n) is 8.14. The summed E-state index contributed by atoms with van der Waals surface area (Å²) in [6, 6.07) is 10.6. The topological polar surface area (TPSA) is 43.4 Å². The van der Waals surface area contributed by atoms with E-state index in [1.165, 1.54) is 12.0 Å². The normalized spacial score (nSPS) is 35.6. The summed E-state index contributed by atoms with van der Waals surface area (Å²) in [6.45, 7) is 6.85. The van der Waals surface area contributed by atoms with Gasteiger partial charge in [0.1, 0.15) is 11.9 Å². The van der Waals surface area contributed by atoms with Crippen LogP contribution in [-0.4, -0.2) is 17.9 Å². The fourth-order valence-electron chi connectivity index (χ4n) is 6.13. The average molecular weight is 383 g/mol. The molecule has 0 aliphatic heterocycles. The van der Waals surface area contributed by atoms with Crippen LogP contribution in [0.25, 0.3) is 0 Å². The van der Waals surface area contributed by atoms with Crippen LogP contribution < -0.4 is 0 Å². The van der Waals surface area contributed by atoms with Crippen LogP contribution in [0.1, 0.15) is 77.7 Å². The number of rotatable bonds is 4. The molecule has 0 unspecified atom stereocenters. The molecule has 0 saturated heterocycles. The highest BCUT2D eigenvalue weighted by atomic mass is 16.5. The second kappa shape index (κ2) is 7.31. The monoisotopic (exact) mass is 382 g/mol. The quantitative estimate of drug-likeness (QED) is 0.649. The van der Waals surface area contributed by atoms with Crippen molar-refractivity contribution in [3.8, 4) is 0 Å². The molecule has 1 aromatic carbocycles. The van der Waals surface area contributed by atoms with Crippen LogP contribution in [0.3, 0.4) is 0 Å². The first kappa shape index (κ1) is 19.7. The Morgan fingerprint density at radius 1 is 1.11 bits per heavy atom. The van der Waals surface area contributed by atoms with Crippen molar-refractivity contribution in [3.05, 3.63) is 35.9 Å². The molecule has 152 valence electrons. The molecule has 3 saturated carbocycles. The van der Waals surface area contributed by atoms with Gasteiger partial charge < -0.3 is 4.74 Å². The van der Waals surface area contributed by atoms with Gasteiger partial charge in [-0.25, -0.2) is 0 Å². The van der Waals surface area contributed by atoms with E-state index in [1.807, 2.05) is 0 Å². The van der Waals surface area contributed by atoms with E-state index in [0.29, 0.717) is 18.3 Å². The van der Waals surface area contributed by atoms with Crippen LogP contribution in [0.2, 0.25) is 0 Å². The first-order chi connectivity index (χ1) is 13.3. The van der Waals surface area contributed by atoms with Crippen LogP contribution >= 0.6 is 0 Å². The van der Waals surface area contributed by atoms with Crippen molar-refractivity contribution in [2.24, 2.45) is 23.2 Å². The second-order valence-corrected chi connectivity index (χ2v) is 10.1. The fraction of sp³-hybridized carbons (Fsp3) is 0.680. The lowest BCUT2D eigenvalue weighted by molar-refractivity contribution is -0.187. The molecule has 0 amide bonds. The van der Waals surface area contributed by atoms with Crippen LogP contribution in [0.5, 0.6) is 0 Å². The van der Waals surface area contributed by atoms with Crippen LogP contribution in [0, 0.1) is 23.2 Å². The van der Waals surface area contributed by atoms with Crippen LogP contribution in [0.15, 0.2) is 30.3 Å². The van der Waals surface area contributed by atoms with E-state index in [1.54, 1.807) is 0 Å². The molecular weight excluding hydrogens is 348 g/mol. The first-order valence-corrected chi connectivity index (χ1v) is 11.1. The Bertz CT molecular complexity index is 737. The van der Waals surface area contributed by atoms with Crippen molar-refractivity contribution in [3.63, 3.8) is 0 Å². The maximum Gasteiger partial charge on any atom is 0.313 e. The number of ketones is 1. The Morgan fingerprint density at radius 2 is 1.86 bits per heavy atom. The first-order valence-electron chi connectivity index (χ1n) is 11.1. The number of Topliss-reactive ketones (excluding diaryl/α,β-unsaturated/α-hetero) is 1. The van der Waals surface area contributed by atoms with Crippen molar-refractivity contribution in [1.29, 1.82) is 0 Å². The summed E-state index contributed by atoms with van der Waals surface area (Å²) < 4.78 is 6.30. The number of benzene rings is 1. The number of esters is 1. The van der Waals surface area contributed by atoms with Crippen molar-refractivity contribution < 1.29 is 14.3 Å². The van der Waals surface area contributed by atoms with Crippen LogP contribution in [-0.2, 0) is 19.7 Å². The van der Waals surface area contributed by atoms with Gasteiger partial charge in [0, 0.05) is 18.3 Å². The molecule has 0 heterocycles. The van der Waals surface area contributed by atoms with Crippen LogP contribution in [0.4, 0.5) is 0 Å². The van der Waals surface area contributed by atoms with Gasteiger partial charge in [0.15, 0.2) is 0 Å². The Kier molecular flexibility index (Phi) is 5.14. The van der Waals surface area contributed by atoms with Gasteiger partial charge in [-0.15, -0.1) is 0 Å². The number of carbonyl (C=O) groups is 2. The van der Waals surface area contributed by atoms with E-state index in [2.05, 4.69) is 51.1 Å². The fourth-order valence-corrected chi connectivity index (χ4v) is 6.13. The molecule has 0 spiro atoms. The standard InChI is InChI=1S/C25H34O3/c1-17-11-12-20(24(2,3)18-8-5-4-6-9-18)22(16-17)28-23(27)25-14-7-10-21(26)19(25)13-15-25/h4-6,8-9,17,19-20,22H,7,10-16H2,1-3H3/t17-,19-,20-,22-,25-/m1/s1. The van der Waals surface area contributed by atoms with Gasteiger partial charge in [0.2, 0.25) is 0 Å². The van der Waals surface area contributed by atoms with Gasteiger partial charge >= 0.3 is 5.97 Å². The molecule has 3 nitrogen and oxygen atoms in total. The molecule has 28 heavy (non-hydrogen) atoms. The summed E-state index contributed by atoms with van der Waals surface area (Å²) in [5.74, 6) is 1.01. The van der Waals surface area contributed by atoms with Gasteiger partial charge in [-0.1, -0.05) is 57.5 Å². The van der Waals surface area contributed by atoms with Crippen molar-refractivity contribution >= 4 is 11.8 Å². The van der Waals surface area contributed by atoms with Gasteiger partial charge in [-0.2, -0.15) is 0 Å². The molecule has 3 aliphatic carbocycles. The van der Waals surface area contributed by atoms with Gasteiger partial charge in [-0.05, 0) is 55.4 Å². The van der Waals surface area contributed by atoms with E-state index < -0.39 is 5.41 Å². The molecule has 0 N–H and O–H groups in total. The largest absolute Gasteiger partial charge is 0.462 e. The van der Waals surface area contributed by atoms with Gasteiger partial charge in [0.25, 0.3) is 0 Å². The third kappa shape index (κ3) is 3.21. The third-order valence-corrected chi connectivity index (χ3v) is 8.14. The molecule has 0 radical (unpaired) electrons. The molecule has 4 rings (SSSR count). The summed E-state index contributed by atoms with van der Waals surface area (Å²) in [5.41, 5.74) is 0.756. The minimum absolute atomic E-state index is 0.0502. The molecule has 3 aliphatic rings. The Balaban J connectivity index is 1.56. The second-order valence-electron chi connectivity index (χ2n) is 10.1. The molecule has 3 fully saturated rings. The molecule has 0 bridgehead atoms. The number of hydrogen-bond donors (Lipinski definition) is 0. The number of fused-ring (bicyclic) bond motifs is 1. The van der Waals surface area contributed by atoms with Crippen molar-refractivity contribution in [2.45, 2.75) is 83.7 Å². The highest BCUT2D eigenvalue weighted by Gasteiger charge is 2.58. The number of hydrogen-bond acceptors (Lipinski definition) is 3. The summed E-state index contributed by atoms with van der Waals surface area (Å²) in [4.78, 5) is 25.6. The summed E-state index contributed by atoms with van der Waals surface area (Å²) in [7, 11) is 0. The van der Waals surface area contributed by atoms with Crippen molar-refractivity contribution in [1.82, 2.24) is 0 Å². The zero-order valence-corrected chi connectivity index (χ0v) is 17.6. The lowest BCUT2D eigenvalue weighted by Crippen LogP contribution is -2.55. The highest BCUT2D eigenvalue weighted by molar-refractivity contribution is 5.92. The predicted octanol–water partition coefficient (Wildman–Crippen LogP) is 5.46. The minimum Gasteiger partial charge on any atom is -0.462 e. The SMILES string of the molecule is C[C@@H]1CC[C@@H](C(C)(C)c2ccccc2)[C@H](OC(=O)[C@@]23CCCC(=O)[C@H]2CC3)C1. The Labute approximate surface area is 169 Å². The van der Waals surface area contributed by atoms with E-state index in [9.17, 15) is 9.59 Å². The Hall–Kier alpha value is -1.64. The van der Waals surface area contributed by atoms with E-state index >= 15 is 0 Å². The van der Waals surface area contributed by atoms with E-state index in [0.717, 1.165) is 38.5 Å². The summed E-state index contributed by atoms with van der Waals surface area (Å²) in [6.07, 6.45) is 7.15. The molecule has 1 aromatic rings. The van der Waals surface area contributed by atoms with Crippen molar-refractivity contribution in [2.75, 3.05) is 0 Å². The van der Waals surface area contributed by atoms with Gasteiger partial charge in [0.05, 0.1) is 5.41 Å². The molecule has 0 aromatic heterocycles. The summed E-state index contributed by atoms with van der Waals surface area (Å²) >= 11 is 0. The minimum atomic E-state index is -0.503. The van der Waals surface area contributed by atoms with Gasteiger partial charge in [-0.3, -0.25) is 9.59 Å². The highest BCUT2D eigenvalue weighted by Crippen LogP contribution is 2.55. The zero-order chi connectivity index (χ0) is 19.9. The lowest BCUT2D eigenvalue weighted by atomic mass is 9.53. The number of carbonyl (C=O) groups excluding carboxylic acids is 2. The molecule has 3 heteroatoms. The predicted molar refractivity (Wildman–Crippen MR) is 110 cm³/mol. The van der Waals surface area contributed by atoms with E-state index in [4.69, 9.17) is 4.74 Å². The van der Waals surface area contributed by atoms with E-state index in [-0.39, 0.29) is 29.2 Å². The maximum atomic E-state index is 13.3. The molecular formula is C25H34O3. The number of ether oxygens (including phenoxy) is 1. The maximum absolute atomic E-state index is 13.3.